The maximum atomic E-state index is 12.6. The minimum atomic E-state index is -0.588. The number of amides is 1. The Bertz CT molecular complexity index is 1040. The van der Waals surface area contributed by atoms with Crippen molar-refractivity contribution in [3.63, 3.8) is 0 Å². The first-order valence-electron chi connectivity index (χ1n) is 8.82. The largest absolute Gasteiger partial charge is 0.452 e. The lowest BCUT2D eigenvalue weighted by Gasteiger charge is -2.08. The fourth-order valence-corrected chi connectivity index (χ4v) is 2.99. The van der Waals surface area contributed by atoms with E-state index in [4.69, 9.17) is 9.26 Å². The molecule has 2 aromatic heterocycles. The first kappa shape index (κ1) is 17.2. The number of carbonyl (C=O) groups is 2. The summed E-state index contributed by atoms with van der Waals surface area (Å²) in [5, 5.41) is 7.14. The van der Waals surface area contributed by atoms with Crippen molar-refractivity contribution in [3.05, 3.63) is 52.8 Å². The van der Waals surface area contributed by atoms with Gasteiger partial charge in [0, 0.05) is 17.3 Å². The van der Waals surface area contributed by atoms with Crippen LogP contribution in [-0.4, -0.2) is 28.6 Å². The zero-order valence-electron chi connectivity index (χ0n) is 15.1. The number of aryl methyl sites for hydroxylation is 2. The molecule has 1 fully saturated rings. The maximum absolute atomic E-state index is 12.6. The van der Waals surface area contributed by atoms with E-state index in [1.165, 1.54) is 0 Å². The quantitative estimate of drug-likeness (QED) is 0.695. The van der Waals surface area contributed by atoms with Crippen LogP contribution in [0.3, 0.4) is 0 Å². The second kappa shape index (κ2) is 6.83. The van der Waals surface area contributed by atoms with Crippen LogP contribution < -0.4 is 5.32 Å². The number of hydrogen-bond acceptors (Lipinski definition) is 6. The number of nitrogens with one attached hydrogen (secondary N) is 1. The van der Waals surface area contributed by atoms with Crippen LogP contribution in [0.2, 0.25) is 0 Å². The molecule has 0 unspecified atom stereocenters. The van der Waals surface area contributed by atoms with Crippen molar-refractivity contribution in [1.82, 2.24) is 10.1 Å². The van der Waals surface area contributed by atoms with Crippen molar-refractivity contribution in [2.45, 2.75) is 32.6 Å². The summed E-state index contributed by atoms with van der Waals surface area (Å²) in [6, 6.07) is 9.13. The fraction of sp³-hybridized carbons (Fsp3) is 0.300. The Kier molecular flexibility index (Phi) is 4.35. The Balaban J connectivity index is 1.49. The third kappa shape index (κ3) is 3.67. The first-order chi connectivity index (χ1) is 13.0. The molecule has 27 heavy (non-hydrogen) atoms. The highest BCUT2D eigenvalue weighted by atomic mass is 16.5. The minimum absolute atomic E-state index is 0.327. The van der Waals surface area contributed by atoms with Crippen LogP contribution >= 0.6 is 0 Å². The van der Waals surface area contributed by atoms with Crippen molar-refractivity contribution in [2.24, 2.45) is 0 Å². The van der Waals surface area contributed by atoms with E-state index in [2.05, 4.69) is 15.5 Å². The van der Waals surface area contributed by atoms with E-state index >= 15 is 0 Å². The van der Waals surface area contributed by atoms with E-state index in [1.807, 2.05) is 25.1 Å². The van der Waals surface area contributed by atoms with E-state index in [1.54, 1.807) is 19.1 Å². The van der Waals surface area contributed by atoms with Gasteiger partial charge in [0.05, 0.1) is 16.6 Å². The van der Waals surface area contributed by atoms with Gasteiger partial charge in [-0.05, 0) is 50.5 Å². The zero-order chi connectivity index (χ0) is 19.0. The lowest BCUT2D eigenvalue weighted by molar-refractivity contribution is -0.119. The third-order valence-electron chi connectivity index (χ3n) is 4.49. The number of anilines is 1. The van der Waals surface area contributed by atoms with Crippen LogP contribution in [0.4, 0.5) is 5.69 Å². The van der Waals surface area contributed by atoms with Gasteiger partial charge in [0.2, 0.25) is 0 Å². The number of fused-ring (bicyclic) bond motifs is 1. The van der Waals surface area contributed by atoms with E-state index in [-0.39, 0.29) is 6.61 Å². The summed E-state index contributed by atoms with van der Waals surface area (Å²) in [7, 11) is 0. The normalized spacial score (nSPS) is 13.6. The van der Waals surface area contributed by atoms with Crippen molar-refractivity contribution < 1.29 is 18.8 Å². The minimum Gasteiger partial charge on any atom is -0.452 e. The van der Waals surface area contributed by atoms with Gasteiger partial charge in [0.1, 0.15) is 0 Å². The van der Waals surface area contributed by atoms with Crippen LogP contribution in [0.25, 0.3) is 11.1 Å². The lowest BCUT2D eigenvalue weighted by Crippen LogP contribution is -2.21. The summed E-state index contributed by atoms with van der Waals surface area (Å²) in [6.07, 6.45) is 2.08. The predicted octanol–water partition coefficient (Wildman–Crippen LogP) is 3.51. The van der Waals surface area contributed by atoms with Crippen LogP contribution in [0.1, 0.15) is 46.1 Å². The standard InChI is InChI=1S/C20H19N3O4/c1-11-4-3-5-14(8-11)21-17(24)10-26-20(25)15-9-16(13-6-7-13)22-19-18(15)12(2)23-27-19/h3-5,8-9,13H,6-7,10H2,1-2H3,(H,21,24). The van der Waals surface area contributed by atoms with E-state index < -0.39 is 11.9 Å². The molecule has 7 nitrogen and oxygen atoms in total. The molecule has 1 aliphatic rings. The molecule has 0 bridgehead atoms. The average Bonchev–Trinajstić information content (AvgIpc) is 3.43. The van der Waals surface area contributed by atoms with Gasteiger partial charge in [0.25, 0.3) is 11.6 Å². The molecule has 1 saturated carbocycles. The van der Waals surface area contributed by atoms with Crippen molar-refractivity contribution in [1.29, 1.82) is 0 Å². The lowest BCUT2D eigenvalue weighted by atomic mass is 10.1. The van der Waals surface area contributed by atoms with Gasteiger partial charge in [-0.25, -0.2) is 9.78 Å². The summed E-state index contributed by atoms with van der Waals surface area (Å²) in [5.74, 6) is -0.644. The molecule has 0 atom stereocenters. The van der Waals surface area contributed by atoms with Crippen LogP contribution in [0.5, 0.6) is 0 Å². The number of rotatable bonds is 5. The molecule has 138 valence electrons. The molecule has 1 aromatic carbocycles. The molecule has 4 rings (SSSR count). The summed E-state index contributed by atoms with van der Waals surface area (Å²) in [4.78, 5) is 29.2. The highest BCUT2D eigenvalue weighted by Gasteiger charge is 2.29. The van der Waals surface area contributed by atoms with E-state index in [0.717, 1.165) is 24.1 Å². The van der Waals surface area contributed by atoms with Gasteiger partial charge >= 0.3 is 5.97 Å². The molecule has 1 aliphatic carbocycles. The molecule has 1 N–H and O–H groups in total. The summed E-state index contributed by atoms with van der Waals surface area (Å²) < 4.78 is 10.5. The van der Waals surface area contributed by atoms with Gasteiger partial charge in [-0.3, -0.25) is 4.79 Å². The third-order valence-corrected chi connectivity index (χ3v) is 4.49. The Morgan fingerprint density at radius 1 is 1.26 bits per heavy atom. The molecule has 7 heteroatoms. The number of ether oxygens (including phenoxy) is 1. The molecule has 0 spiro atoms. The number of hydrogen-bond donors (Lipinski definition) is 1. The van der Waals surface area contributed by atoms with Crippen LogP contribution in [0, 0.1) is 13.8 Å². The summed E-state index contributed by atoms with van der Waals surface area (Å²) in [6.45, 7) is 3.30. The smallest absolute Gasteiger partial charge is 0.339 e. The zero-order valence-corrected chi connectivity index (χ0v) is 15.1. The van der Waals surface area contributed by atoms with Gasteiger partial charge in [-0.15, -0.1) is 0 Å². The molecule has 0 aliphatic heterocycles. The van der Waals surface area contributed by atoms with Crippen LogP contribution in [-0.2, 0) is 9.53 Å². The predicted molar refractivity (Wildman–Crippen MR) is 98.6 cm³/mol. The monoisotopic (exact) mass is 365 g/mol. The Morgan fingerprint density at radius 3 is 2.81 bits per heavy atom. The van der Waals surface area contributed by atoms with Crippen LogP contribution in [0.15, 0.2) is 34.9 Å². The molecular formula is C20H19N3O4. The Labute approximate surface area is 155 Å². The maximum Gasteiger partial charge on any atom is 0.339 e. The van der Waals surface area contributed by atoms with E-state index in [9.17, 15) is 9.59 Å². The number of benzene rings is 1. The molecular weight excluding hydrogens is 346 g/mol. The van der Waals surface area contributed by atoms with Gasteiger partial charge in [-0.2, -0.15) is 0 Å². The fourth-order valence-electron chi connectivity index (χ4n) is 2.99. The van der Waals surface area contributed by atoms with Crippen molar-refractivity contribution in [2.75, 3.05) is 11.9 Å². The molecule has 0 radical (unpaired) electrons. The molecule has 1 amide bonds. The highest BCUT2D eigenvalue weighted by Crippen LogP contribution is 2.40. The second-order valence-corrected chi connectivity index (χ2v) is 6.81. The Morgan fingerprint density at radius 2 is 2.07 bits per heavy atom. The van der Waals surface area contributed by atoms with Crippen molar-refractivity contribution >= 4 is 28.7 Å². The molecule has 0 saturated heterocycles. The first-order valence-corrected chi connectivity index (χ1v) is 8.82. The SMILES string of the molecule is Cc1cccc(NC(=O)COC(=O)c2cc(C3CC3)nc3onc(C)c23)c1. The van der Waals surface area contributed by atoms with Crippen molar-refractivity contribution in [3.8, 4) is 0 Å². The summed E-state index contributed by atoms with van der Waals surface area (Å²) >= 11 is 0. The van der Waals surface area contributed by atoms with Gasteiger partial charge < -0.3 is 14.6 Å². The summed E-state index contributed by atoms with van der Waals surface area (Å²) in [5.41, 5.74) is 3.72. The molecule has 2 heterocycles. The average molecular weight is 365 g/mol. The van der Waals surface area contributed by atoms with Gasteiger partial charge in [-0.1, -0.05) is 17.3 Å². The number of carbonyl (C=O) groups excluding carboxylic acids is 2. The number of esters is 1. The van der Waals surface area contributed by atoms with E-state index in [0.29, 0.717) is 34.0 Å². The number of pyridine rings is 1. The number of nitrogens with zero attached hydrogens (tertiary/aromatic N) is 2. The highest BCUT2D eigenvalue weighted by molar-refractivity contribution is 6.04. The second-order valence-electron chi connectivity index (χ2n) is 6.81. The number of aromatic nitrogens is 2. The molecule has 3 aromatic rings. The Hall–Kier alpha value is -3.22. The van der Waals surface area contributed by atoms with Gasteiger partial charge in [0.15, 0.2) is 6.61 Å². The topological polar surface area (TPSA) is 94.3 Å².